The first-order chi connectivity index (χ1) is 8.36. The molecule has 2 heterocycles. The van der Waals surface area contributed by atoms with Gasteiger partial charge in [0.15, 0.2) is 0 Å². The van der Waals surface area contributed by atoms with Gasteiger partial charge >= 0.3 is 34.5 Å². The van der Waals surface area contributed by atoms with E-state index < -0.39 is 0 Å². The van der Waals surface area contributed by atoms with E-state index in [1.807, 2.05) is 12.1 Å². The van der Waals surface area contributed by atoms with Gasteiger partial charge in [0.1, 0.15) is 0 Å². The van der Waals surface area contributed by atoms with Crippen molar-refractivity contribution in [1.29, 1.82) is 0 Å². The second kappa shape index (κ2) is 7.60. The van der Waals surface area contributed by atoms with Gasteiger partial charge in [0.25, 0.3) is 0 Å². The molecular weight excluding hydrogens is 360 g/mol. The molecule has 1 aromatic carbocycles. The number of hydrogen-bond acceptors (Lipinski definition) is 2. The van der Waals surface area contributed by atoms with Crippen LogP contribution in [0.2, 0.25) is 0 Å². The third-order valence-electron chi connectivity index (χ3n) is 2.34. The molecule has 0 amide bonds. The van der Waals surface area contributed by atoms with E-state index in [4.69, 9.17) is 19.4 Å². The molecule has 18 heavy (non-hydrogen) atoms. The number of fused-ring (bicyclic) bond motifs is 3. The van der Waals surface area contributed by atoms with Crippen LogP contribution >= 0.6 is 19.4 Å². The number of rotatable bonds is 0. The maximum absolute atomic E-state index is 4.85. The van der Waals surface area contributed by atoms with Crippen molar-refractivity contribution in [3.8, 4) is 0 Å². The van der Waals surface area contributed by atoms with Gasteiger partial charge in [-0.2, -0.15) is 0 Å². The fraction of sp³-hybridized carbons (Fsp3) is 0. The zero-order chi connectivity index (χ0) is 12.1. The molecular formula is C12H10Cl2N2ORu. The minimum Gasteiger partial charge on any atom is -0.254 e. The molecule has 0 fully saturated rings. The van der Waals surface area contributed by atoms with Crippen molar-refractivity contribution < 1.29 is 20.6 Å². The van der Waals surface area contributed by atoms with Crippen LogP contribution < -0.4 is 0 Å². The molecule has 6 heteroatoms. The van der Waals surface area contributed by atoms with Crippen LogP contribution in [0.5, 0.6) is 0 Å². The van der Waals surface area contributed by atoms with E-state index in [-0.39, 0.29) is 20.6 Å². The summed E-state index contributed by atoms with van der Waals surface area (Å²) in [4.78, 5) is 8.69. The molecule has 0 aliphatic carbocycles. The van der Waals surface area contributed by atoms with Gasteiger partial charge in [-0.15, -0.1) is 0 Å². The maximum atomic E-state index is 4.85. The molecule has 2 aromatic heterocycles. The van der Waals surface area contributed by atoms with Crippen LogP contribution in [0.1, 0.15) is 0 Å². The standard InChI is InChI=1S/C12H8N2.2ClH.H2O.Ru/c1-3-9-5-6-10-4-2-8-14-12(10)11(9)13-7-1;;;;/h1-8H;2*1H;1H2;/q;;;;+2/p-2. The third kappa shape index (κ3) is 3.36. The molecule has 0 saturated carbocycles. The minimum absolute atomic E-state index is 0. The van der Waals surface area contributed by atoms with Crippen molar-refractivity contribution >= 4 is 41.2 Å². The summed E-state index contributed by atoms with van der Waals surface area (Å²) in [6.45, 7) is 0. The Balaban J connectivity index is 0.000000372. The average molecular weight is 370 g/mol. The van der Waals surface area contributed by atoms with Gasteiger partial charge in [-0.05, 0) is 12.1 Å². The van der Waals surface area contributed by atoms with Gasteiger partial charge < -0.3 is 5.48 Å². The molecule has 3 rings (SSSR count). The van der Waals surface area contributed by atoms with Crippen molar-refractivity contribution in [2.75, 3.05) is 0 Å². The smallest absolute Gasteiger partial charge is 0.0964 e. The molecule has 0 saturated heterocycles. The van der Waals surface area contributed by atoms with Crippen molar-refractivity contribution in [2.24, 2.45) is 0 Å². The van der Waals surface area contributed by atoms with Crippen LogP contribution in [0.4, 0.5) is 0 Å². The van der Waals surface area contributed by atoms with Gasteiger partial charge in [-0.3, -0.25) is 9.97 Å². The average Bonchev–Trinajstić information content (AvgIpc) is 2.40. The number of hydrogen-bond donors (Lipinski definition) is 0. The van der Waals surface area contributed by atoms with Crippen molar-refractivity contribution in [3.63, 3.8) is 0 Å². The Labute approximate surface area is 120 Å². The topological polar surface area (TPSA) is 57.3 Å². The fourth-order valence-corrected chi connectivity index (χ4v) is 1.68. The maximum Gasteiger partial charge on any atom is 0.0964 e. The Morgan fingerprint density at radius 2 is 1.17 bits per heavy atom. The Morgan fingerprint density at radius 1 is 0.778 bits per heavy atom. The van der Waals surface area contributed by atoms with E-state index in [0.29, 0.717) is 0 Å². The van der Waals surface area contributed by atoms with E-state index in [1.54, 1.807) is 12.4 Å². The van der Waals surface area contributed by atoms with Crippen molar-refractivity contribution in [2.45, 2.75) is 0 Å². The van der Waals surface area contributed by atoms with Crippen LogP contribution in [0.25, 0.3) is 21.8 Å². The Morgan fingerprint density at radius 3 is 1.56 bits per heavy atom. The number of pyridine rings is 2. The number of nitrogens with zero attached hydrogens (tertiary/aromatic N) is 2. The van der Waals surface area contributed by atoms with E-state index in [9.17, 15) is 0 Å². The first kappa shape index (κ1) is 15.3. The third-order valence-corrected chi connectivity index (χ3v) is 2.34. The molecule has 0 unspecified atom stereocenters. The fourth-order valence-electron chi connectivity index (χ4n) is 1.68. The first-order valence-corrected chi connectivity index (χ1v) is 9.28. The van der Waals surface area contributed by atoms with Crippen LogP contribution in [-0.4, -0.2) is 15.4 Å². The summed E-state index contributed by atoms with van der Waals surface area (Å²) in [5.74, 6) is 0. The van der Waals surface area contributed by atoms with E-state index in [1.165, 1.54) is 0 Å². The monoisotopic (exact) mass is 370 g/mol. The number of halogens is 2. The molecule has 0 radical (unpaired) electrons. The SMILES string of the molecule is O.[Cl][Ru][Cl].c1cnc2c(c1)ccc1cccnc12. The molecule has 2 N–H and O–H groups in total. The predicted molar refractivity (Wildman–Crippen MR) is 72.4 cm³/mol. The Bertz CT molecular complexity index is 582. The van der Waals surface area contributed by atoms with Crippen LogP contribution in [0.15, 0.2) is 48.8 Å². The zero-order valence-electron chi connectivity index (χ0n) is 9.12. The van der Waals surface area contributed by atoms with Crippen LogP contribution in [0.3, 0.4) is 0 Å². The first-order valence-electron chi connectivity index (χ1n) is 4.80. The normalized spacial score (nSPS) is 9.67. The second-order valence-electron chi connectivity index (χ2n) is 3.27. The van der Waals surface area contributed by atoms with Gasteiger partial charge in [0.2, 0.25) is 0 Å². The molecule has 96 valence electrons. The van der Waals surface area contributed by atoms with Gasteiger partial charge in [-0.25, -0.2) is 0 Å². The van der Waals surface area contributed by atoms with Gasteiger partial charge in [0.05, 0.1) is 11.0 Å². The molecule has 0 aliphatic rings. The molecule has 0 bridgehead atoms. The number of benzene rings is 1. The Kier molecular flexibility index (Phi) is 6.44. The summed E-state index contributed by atoms with van der Waals surface area (Å²) in [5.41, 5.74) is 1.95. The van der Waals surface area contributed by atoms with E-state index >= 15 is 0 Å². The molecule has 3 nitrogen and oxygen atoms in total. The molecule has 3 aromatic rings. The van der Waals surface area contributed by atoms with E-state index in [0.717, 1.165) is 21.8 Å². The summed E-state index contributed by atoms with van der Waals surface area (Å²) in [7, 11) is 9.71. The summed E-state index contributed by atoms with van der Waals surface area (Å²) in [6.07, 6.45) is 3.60. The summed E-state index contributed by atoms with van der Waals surface area (Å²) in [6, 6.07) is 12.1. The summed E-state index contributed by atoms with van der Waals surface area (Å²) >= 11 is -0.346. The predicted octanol–water partition coefficient (Wildman–Crippen LogP) is 3.33. The molecule has 0 spiro atoms. The van der Waals surface area contributed by atoms with Gasteiger partial charge in [0, 0.05) is 23.2 Å². The number of aromatic nitrogens is 2. The van der Waals surface area contributed by atoms with Crippen LogP contribution in [0, 0.1) is 0 Å². The van der Waals surface area contributed by atoms with Crippen molar-refractivity contribution in [3.05, 3.63) is 48.8 Å². The second-order valence-corrected chi connectivity index (χ2v) is 5.91. The summed E-state index contributed by atoms with van der Waals surface area (Å²) < 4.78 is 0. The molecule has 0 atom stereocenters. The van der Waals surface area contributed by atoms with Crippen molar-refractivity contribution in [1.82, 2.24) is 9.97 Å². The minimum atomic E-state index is -0.346. The quantitative estimate of drug-likeness (QED) is 0.450. The molecule has 0 aliphatic heterocycles. The van der Waals surface area contributed by atoms with Crippen LogP contribution in [-0.2, 0) is 15.1 Å². The zero-order valence-corrected chi connectivity index (χ0v) is 12.4. The Hall–Kier alpha value is -0.797. The van der Waals surface area contributed by atoms with Gasteiger partial charge in [-0.1, -0.05) is 24.3 Å². The van der Waals surface area contributed by atoms with E-state index in [2.05, 4.69) is 34.2 Å². The summed E-state index contributed by atoms with van der Waals surface area (Å²) in [5, 5.41) is 2.28. The largest absolute Gasteiger partial charge is 0.254 e.